The van der Waals surface area contributed by atoms with Crippen LogP contribution in [0.1, 0.15) is 20.8 Å². The van der Waals surface area contributed by atoms with Crippen LogP contribution in [0.3, 0.4) is 0 Å². The molecule has 0 aliphatic rings. The summed E-state index contributed by atoms with van der Waals surface area (Å²) in [5.41, 5.74) is -0.430. The van der Waals surface area contributed by atoms with Gasteiger partial charge in [0.2, 0.25) is 0 Å². The standard InChI is InChI=1S/C17H20Cl2N4O3/c1-17(2,3)26-16(25)22-8-7-21-10-11(9-20)15(24)23-13-6-4-5-12(18)14(13)19/h4-6,10,21H,7-8H2,1-3H3,(H,22,25)(H,23,24)/b11-10-. The van der Waals surface area contributed by atoms with Crippen LogP contribution in [0.4, 0.5) is 10.5 Å². The van der Waals surface area contributed by atoms with Crippen LogP contribution < -0.4 is 16.0 Å². The summed E-state index contributed by atoms with van der Waals surface area (Å²) in [4.78, 5) is 23.6. The Balaban J connectivity index is 2.50. The lowest BCUT2D eigenvalue weighted by Crippen LogP contribution is -2.35. The van der Waals surface area contributed by atoms with E-state index in [0.29, 0.717) is 17.3 Å². The largest absolute Gasteiger partial charge is 0.444 e. The minimum absolute atomic E-state index is 0.154. The minimum Gasteiger partial charge on any atom is -0.444 e. The highest BCUT2D eigenvalue weighted by atomic mass is 35.5. The van der Waals surface area contributed by atoms with Gasteiger partial charge in [0.05, 0.1) is 15.7 Å². The summed E-state index contributed by atoms with van der Waals surface area (Å²) in [6, 6.07) is 6.56. The molecule has 0 aromatic heterocycles. The molecule has 26 heavy (non-hydrogen) atoms. The molecule has 3 N–H and O–H groups in total. The van der Waals surface area contributed by atoms with Crippen molar-refractivity contribution < 1.29 is 14.3 Å². The molecule has 1 aromatic carbocycles. The van der Waals surface area contributed by atoms with Gasteiger partial charge in [-0.2, -0.15) is 5.26 Å². The fraction of sp³-hybridized carbons (Fsp3) is 0.353. The highest BCUT2D eigenvalue weighted by Crippen LogP contribution is 2.29. The van der Waals surface area contributed by atoms with Crippen LogP contribution in [0, 0.1) is 11.3 Å². The molecule has 0 saturated carbocycles. The van der Waals surface area contributed by atoms with E-state index >= 15 is 0 Å². The van der Waals surface area contributed by atoms with Gasteiger partial charge >= 0.3 is 6.09 Å². The van der Waals surface area contributed by atoms with E-state index < -0.39 is 17.6 Å². The first kappa shape index (κ1) is 21.6. The van der Waals surface area contributed by atoms with Gasteiger partial charge in [-0.15, -0.1) is 0 Å². The minimum atomic E-state index is -0.635. The Kier molecular flexibility index (Phi) is 8.23. The number of rotatable bonds is 6. The first-order valence-corrected chi connectivity index (χ1v) is 8.45. The van der Waals surface area contributed by atoms with Crippen molar-refractivity contribution in [3.8, 4) is 6.07 Å². The fourth-order valence-electron chi connectivity index (χ4n) is 1.66. The number of ether oxygens (including phenoxy) is 1. The second-order valence-corrected chi connectivity index (χ2v) is 6.89. The van der Waals surface area contributed by atoms with Crippen molar-refractivity contribution in [1.82, 2.24) is 10.6 Å². The van der Waals surface area contributed by atoms with E-state index in [1.165, 1.54) is 6.20 Å². The molecule has 9 heteroatoms. The Morgan fingerprint density at radius 3 is 2.58 bits per heavy atom. The molecule has 0 radical (unpaired) electrons. The first-order valence-electron chi connectivity index (χ1n) is 7.70. The lowest BCUT2D eigenvalue weighted by Gasteiger charge is -2.19. The normalized spacial score (nSPS) is 11.3. The predicted molar refractivity (Wildman–Crippen MR) is 101 cm³/mol. The Morgan fingerprint density at radius 2 is 1.96 bits per heavy atom. The van der Waals surface area contributed by atoms with E-state index in [0.717, 1.165) is 0 Å². The van der Waals surface area contributed by atoms with Crippen LogP contribution in [0.2, 0.25) is 10.0 Å². The van der Waals surface area contributed by atoms with Gasteiger partial charge < -0.3 is 20.7 Å². The van der Waals surface area contributed by atoms with E-state index in [1.807, 2.05) is 0 Å². The van der Waals surface area contributed by atoms with Crippen molar-refractivity contribution in [2.45, 2.75) is 26.4 Å². The van der Waals surface area contributed by atoms with Gasteiger partial charge in [-0.05, 0) is 32.9 Å². The quantitative estimate of drug-likeness (QED) is 0.386. The third kappa shape index (κ3) is 7.64. The number of anilines is 1. The Bertz CT molecular complexity index is 737. The van der Waals surface area contributed by atoms with Crippen molar-refractivity contribution in [3.05, 3.63) is 40.0 Å². The SMILES string of the molecule is CC(C)(C)OC(=O)NCCN/C=C(/C#N)C(=O)Nc1cccc(Cl)c1Cl. The summed E-state index contributed by atoms with van der Waals surface area (Å²) in [5.74, 6) is -0.635. The van der Waals surface area contributed by atoms with Crippen LogP contribution in [0.25, 0.3) is 0 Å². The zero-order valence-corrected chi connectivity index (χ0v) is 16.2. The van der Waals surface area contributed by atoms with Crippen molar-refractivity contribution >= 4 is 40.9 Å². The maximum atomic E-state index is 12.1. The second kappa shape index (κ2) is 9.90. The summed E-state index contributed by atoms with van der Waals surface area (Å²) < 4.78 is 5.08. The lowest BCUT2D eigenvalue weighted by molar-refractivity contribution is -0.112. The number of carbonyl (C=O) groups excluding carboxylic acids is 2. The van der Waals surface area contributed by atoms with Crippen LogP contribution in [0.15, 0.2) is 30.0 Å². The number of carbonyl (C=O) groups is 2. The van der Waals surface area contributed by atoms with Gasteiger partial charge in [0.15, 0.2) is 0 Å². The molecule has 2 amide bonds. The van der Waals surface area contributed by atoms with Crippen molar-refractivity contribution in [3.63, 3.8) is 0 Å². The summed E-state index contributed by atoms with van der Waals surface area (Å²) >= 11 is 11.9. The summed E-state index contributed by atoms with van der Waals surface area (Å²) in [7, 11) is 0. The fourth-order valence-corrected chi connectivity index (χ4v) is 2.01. The Hall–Kier alpha value is -2.43. The van der Waals surface area contributed by atoms with Gasteiger partial charge in [0.1, 0.15) is 17.2 Å². The molecular weight excluding hydrogens is 379 g/mol. The van der Waals surface area contributed by atoms with Crippen LogP contribution in [-0.2, 0) is 9.53 Å². The molecule has 0 spiro atoms. The number of nitrogens with zero attached hydrogens (tertiary/aromatic N) is 1. The van der Waals surface area contributed by atoms with E-state index in [2.05, 4.69) is 16.0 Å². The molecule has 0 bridgehead atoms. The number of hydrogen-bond acceptors (Lipinski definition) is 5. The van der Waals surface area contributed by atoms with Crippen LogP contribution >= 0.6 is 23.2 Å². The Labute approximate surface area is 162 Å². The molecular formula is C17H20Cl2N4O3. The molecule has 0 heterocycles. The molecule has 0 unspecified atom stereocenters. The molecule has 140 valence electrons. The van der Waals surface area contributed by atoms with Gasteiger partial charge in [0.25, 0.3) is 5.91 Å². The number of hydrogen-bond donors (Lipinski definition) is 3. The molecule has 1 aromatic rings. The number of halogens is 2. The third-order valence-corrected chi connectivity index (χ3v) is 3.57. The number of alkyl carbamates (subject to hydrolysis) is 1. The van der Waals surface area contributed by atoms with E-state index in [1.54, 1.807) is 45.0 Å². The number of amides is 2. The summed E-state index contributed by atoms with van der Waals surface area (Å²) in [5, 5.41) is 17.4. The van der Waals surface area contributed by atoms with Crippen LogP contribution in [-0.4, -0.2) is 30.7 Å². The third-order valence-electron chi connectivity index (χ3n) is 2.75. The summed E-state index contributed by atoms with van der Waals surface area (Å²) in [6.07, 6.45) is 0.710. The predicted octanol–water partition coefficient (Wildman–Crippen LogP) is 3.45. The highest BCUT2D eigenvalue weighted by Gasteiger charge is 2.15. The number of benzene rings is 1. The Morgan fingerprint density at radius 1 is 1.27 bits per heavy atom. The topological polar surface area (TPSA) is 103 Å². The highest BCUT2D eigenvalue weighted by molar-refractivity contribution is 6.44. The first-order chi connectivity index (χ1) is 12.1. The zero-order valence-electron chi connectivity index (χ0n) is 14.7. The second-order valence-electron chi connectivity index (χ2n) is 6.11. The maximum Gasteiger partial charge on any atom is 0.407 e. The zero-order chi connectivity index (χ0) is 19.7. The van der Waals surface area contributed by atoms with E-state index in [4.69, 9.17) is 33.2 Å². The van der Waals surface area contributed by atoms with Gasteiger partial charge in [0, 0.05) is 19.3 Å². The molecule has 0 atom stereocenters. The van der Waals surface area contributed by atoms with Gasteiger partial charge in [-0.3, -0.25) is 4.79 Å². The number of nitriles is 1. The molecule has 0 saturated heterocycles. The van der Waals surface area contributed by atoms with E-state index in [9.17, 15) is 9.59 Å². The molecule has 0 fully saturated rings. The average Bonchev–Trinajstić information content (AvgIpc) is 2.53. The maximum absolute atomic E-state index is 12.1. The van der Waals surface area contributed by atoms with Crippen molar-refractivity contribution in [2.24, 2.45) is 0 Å². The smallest absolute Gasteiger partial charge is 0.407 e. The summed E-state index contributed by atoms with van der Waals surface area (Å²) in [6.45, 7) is 5.84. The molecule has 0 aliphatic carbocycles. The van der Waals surface area contributed by atoms with Crippen molar-refractivity contribution in [2.75, 3.05) is 18.4 Å². The van der Waals surface area contributed by atoms with Gasteiger partial charge in [-0.1, -0.05) is 29.3 Å². The molecule has 0 aliphatic heterocycles. The number of nitrogens with one attached hydrogen (secondary N) is 3. The van der Waals surface area contributed by atoms with Crippen LogP contribution in [0.5, 0.6) is 0 Å². The van der Waals surface area contributed by atoms with E-state index in [-0.39, 0.29) is 17.1 Å². The average molecular weight is 399 g/mol. The monoisotopic (exact) mass is 398 g/mol. The lowest BCUT2D eigenvalue weighted by atomic mass is 10.2. The van der Waals surface area contributed by atoms with Crippen molar-refractivity contribution in [1.29, 1.82) is 5.26 Å². The molecule has 7 nitrogen and oxygen atoms in total. The van der Waals surface area contributed by atoms with Gasteiger partial charge in [-0.25, -0.2) is 4.79 Å². The molecule has 1 rings (SSSR count).